The SMILES string of the molecule is C=C(C)\C=C/C(=C\C)C(=C/CC)/CCC.CC. The zero-order valence-electron chi connectivity index (χ0n) is 12.6. The third-order valence-electron chi connectivity index (χ3n) is 2.20. The van der Waals surface area contributed by atoms with Crippen molar-refractivity contribution in [2.45, 2.75) is 60.8 Å². The second-order valence-electron chi connectivity index (χ2n) is 3.81. The van der Waals surface area contributed by atoms with E-state index >= 15 is 0 Å². The maximum atomic E-state index is 3.88. The average Bonchev–Trinajstić information content (AvgIpc) is 2.32. The summed E-state index contributed by atoms with van der Waals surface area (Å²) in [6.45, 7) is 16.4. The fourth-order valence-corrected chi connectivity index (χ4v) is 1.50. The molecule has 0 aliphatic heterocycles. The highest BCUT2D eigenvalue weighted by atomic mass is 14.0. The van der Waals surface area contributed by atoms with Gasteiger partial charge in [0.2, 0.25) is 0 Å². The van der Waals surface area contributed by atoms with Gasteiger partial charge in [-0.1, -0.05) is 70.6 Å². The summed E-state index contributed by atoms with van der Waals surface area (Å²) in [4.78, 5) is 0. The van der Waals surface area contributed by atoms with Crippen molar-refractivity contribution in [2.75, 3.05) is 0 Å². The molecule has 0 rings (SSSR count). The van der Waals surface area contributed by atoms with Crippen LogP contribution in [0.5, 0.6) is 0 Å². The fourth-order valence-electron chi connectivity index (χ4n) is 1.50. The van der Waals surface area contributed by atoms with Gasteiger partial charge < -0.3 is 0 Å². The van der Waals surface area contributed by atoms with Gasteiger partial charge in [-0.05, 0) is 37.8 Å². The zero-order chi connectivity index (χ0) is 13.7. The van der Waals surface area contributed by atoms with E-state index in [2.05, 4.69) is 51.7 Å². The Morgan fingerprint density at radius 3 is 2.06 bits per heavy atom. The van der Waals surface area contributed by atoms with Crippen LogP contribution in [-0.4, -0.2) is 0 Å². The van der Waals surface area contributed by atoms with Crippen LogP contribution in [-0.2, 0) is 0 Å². The van der Waals surface area contributed by atoms with Crippen molar-refractivity contribution in [2.24, 2.45) is 0 Å². The van der Waals surface area contributed by atoms with Crippen molar-refractivity contribution in [3.63, 3.8) is 0 Å². The molecule has 0 aliphatic carbocycles. The average molecular weight is 234 g/mol. The number of rotatable bonds is 6. The van der Waals surface area contributed by atoms with Crippen molar-refractivity contribution in [1.82, 2.24) is 0 Å². The van der Waals surface area contributed by atoms with E-state index in [0.717, 1.165) is 18.4 Å². The molecule has 0 N–H and O–H groups in total. The normalized spacial score (nSPS) is 12.4. The molecule has 0 heterocycles. The minimum absolute atomic E-state index is 1.10. The van der Waals surface area contributed by atoms with Crippen LogP contribution < -0.4 is 0 Å². The first-order valence-corrected chi connectivity index (χ1v) is 6.84. The number of allylic oxidation sites excluding steroid dienone is 7. The molecule has 0 amide bonds. The van der Waals surface area contributed by atoms with Crippen molar-refractivity contribution in [3.05, 3.63) is 47.6 Å². The first-order valence-electron chi connectivity index (χ1n) is 6.84. The van der Waals surface area contributed by atoms with Gasteiger partial charge in [0.15, 0.2) is 0 Å². The van der Waals surface area contributed by atoms with Crippen LogP contribution in [0.25, 0.3) is 0 Å². The lowest BCUT2D eigenvalue weighted by molar-refractivity contribution is 0.908. The molecule has 98 valence electrons. The molecule has 0 atom stereocenters. The van der Waals surface area contributed by atoms with Crippen LogP contribution in [0, 0.1) is 0 Å². The van der Waals surface area contributed by atoms with Gasteiger partial charge >= 0.3 is 0 Å². The topological polar surface area (TPSA) is 0 Å². The highest BCUT2D eigenvalue weighted by Crippen LogP contribution is 2.18. The summed E-state index contributed by atoms with van der Waals surface area (Å²) in [5.41, 5.74) is 3.89. The maximum absolute atomic E-state index is 3.88. The molecule has 0 heteroatoms. The van der Waals surface area contributed by atoms with Crippen LogP contribution in [0.15, 0.2) is 47.6 Å². The quantitative estimate of drug-likeness (QED) is 0.478. The fraction of sp³-hybridized carbons (Fsp3) is 0.529. The second-order valence-corrected chi connectivity index (χ2v) is 3.81. The smallest absolute Gasteiger partial charge is 0.0270 e. The van der Waals surface area contributed by atoms with Gasteiger partial charge in [0, 0.05) is 0 Å². The Hall–Kier alpha value is -1.04. The van der Waals surface area contributed by atoms with E-state index in [0.29, 0.717) is 0 Å². The lowest BCUT2D eigenvalue weighted by Gasteiger charge is -2.07. The van der Waals surface area contributed by atoms with Gasteiger partial charge in [0.25, 0.3) is 0 Å². The molecule has 0 aromatic heterocycles. The lowest BCUT2D eigenvalue weighted by atomic mass is 9.99. The molecule has 0 spiro atoms. The lowest BCUT2D eigenvalue weighted by Crippen LogP contribution is -1.87. The third kappa shape index (κ3) is 9.86. The highest BCUT2D eigenvalue weighted by molar-refractivity contribution is 5.41. The van der Waals surface area contributed by atoms with Gasteiger partial charge in [0.1, 0.15) is 0 Å². The molecular formula is C17H30. The largest absolute Gasteiger partial charge is 0.0961 e. The summed E-state index contributed by atoms with van der Waals surface area (Å²) < 4.78 is 0. The Bertz CT molecular complexity index is 274. The predicted octanol–water partition coefficient (Wildman–Crippen LogP) is 6.23. The summed E-state index contributed by atoms with van der Waals surface area (Å²) in [5.74, 6) is 0. The Kier molecular flexibility index (Phi) is 14.0. The van der Waals surface area contributed by atoms with Gasteiger partial charge in [-0.2, -0.15) is 0 Å². The minimum atomic E-state index is 1.10. The second kappa shape index (κ2) is 13.0. The number of hydrogen-bond donors (Lipinski definition) is 0. The third-order valence-corrected chi connectivity index (χ3v) is 2.20. The molecule has 0 aliphatic rings. The van der Waals surface area contributed by atoms with Crippen LogP contribution in [0.2, 0.25) is 0 Å². The summed E-state index contributed by atoms with van der Waals surface area (Å²) in [5, 5.41) is 0. The summed E-state index contributed by atoms with van der Waals surface area (Å²) in [6, 6.07) is 0. The van der Waals surface area contributed by atoms with E-state index in [-0.39, 0.29) is 0 Å². The molecule has 0 radical (unpaired) electrons. The van der Waals surface area contributed by atoms with Crippen molar-refractivity contribution in [3.8, 4) is 0 Å². The summed E-state index contributed by atoms with van der Waals surface area (Å²) in [6.07, 6.45) is 12.2. The van der Waals surface area contributed by atoms with E-state index in [1.165, 1.54) is 17.6 Å². The predicted molar refractivity (Wildman–Crippen MR) is 82.3 cm³/mol. The van der Waals surface area contributed by atoms with Gasteiger partial charge in [-0.3, -0.25) is 0 Å². The molecule has 17 heavy (non-hydrogen) atoms. The zero-order valence-corrected chi connectivity index (χ0v) is 12.6. The van der Waals surface area contributed by atoms with Gasteiger partial charge in [0.05, 0.1) is 0 Å². The monoisotopic (exact) mass is 234 g/mol. The van der Waals surface area contributed by atoms with Crippen LogP contribution >= 0.6 is 0 Å². The number of hydrogen-bond acceptors (Lipinski definition) is 0. The molecular weight excluding hydrogens is 204 g/mol. The first-order chi connectivity index (χ1) is 8.15. The van der Waals surface area contributed by atoms with E-state index in [1.807, 2.05) is 20.8 Å². The highest BCUT2D eigenvalue weighted by Gasteiger charge is 1.99. The molecule has 0 aromatic rings. The molecule has 0 fully saturated rings. The Labute approximate surface area is 109 Å². The molecule has 0 aromatic carbocycles. The Morgan fingerprint density at radius 2 is 1.71 bits per heavy atom. The van der Waals surface area contributed by atoms with Crippen LogP contribution in [0.3, 0.4) is 0 Å². The Balaban J connectivity index is 0. The standard InChI is InChI=1S/C15H24.C2H6/c1-6-9-15(10-7-2)14(8-3)12-11-13(4)5;1-2/h8-9,11-12H,4,6-7,10H2,1-3,5H3;1-2H3/b12-11-,14-8+,15-9+;. The van der Waals surface area contributed by atoms with E-state index in [9.17, 15) is 0 Å². The molecule has 0 saturated carbocycles. The van der Waals surface area contributed by atoms with Gasteiger partial charge in [-0.25, -0.2) is 0 Å². The van der Waals surface area contributed by atoms with Crippen LogP contribution in [0.1, 0.15) is 60.8 Å². The minimum Gasteiger partial charge on any atom is -0.0961 e. The van der Waals surface area contributed by atoms with Gasteiger partial charge in [-0.15, -0.1) is 0 Å². The molecule has 0 nitrogen and oxygen atoms in total. The maximum Gasteiger partial charge on any atom is -0.0270 e. The molecule has 0 bridgehead atoms. The van der Waals surface area contributed by atoms with Crippen LogP contribution in [0.4, 0.5) is 0 Å². The molecule has 0 unspecified atom stereocenters. The van der Waals surface area contributed by atoms with E-state index < -0.39 is 0 Å². The first kappa shape index (κ1) is 18.3. The van der Waals surface area contributed by atoms with Crippen molar-refractivity contribution in [1.29, 1.82) is 0 Å². The van der Waals surface area contributed by atoms with E-state index in [4.69, 9.17) is 0 Å². The molecule has 0 saturated heterocycles. The summed E-state index contributed by atoms with van der Waals surface area (Å²) >= 11 is 0. The van der Waals surface area contributed by atoms with Crippen molar-refractivity contribution < 1.29 is 0 Å². The summed E-state index contributed by atoms with van der Waals surface area (Å²) in [7, 11) is 0. The van der Waals surface area contributed by atoms with E-state index in [1.54, 1.807) is 0 Å². The van der Waals surface area contributed by atoms with Crippen molar-refractivity contribution >= 4 is 0 Å². The Morgan fingerprint density at radius 1 is 1.12 bits per heavy atom.